The van der Waals surface area contributed by atoms with E-state index in [1.54, 1.807) is 60.0 Å². The lowest BCUT2D eigenvalue weighted by molar-refractivity contribution is -0.130. The van der Waals surface area contributed by atoms with Crippen molar-refractivity contribution in [1.29, 1.82) is 0 Å². The molecular weight excluding hydrogens is 618 g/mol. The van der Waals surface area contributed by atoms with Crippen LogP contribution in [0.4, 0.5) is 5.95 Å². The van der Waals surface area contributed by atoms with E-state index in [1.165, 1.54) is 11.2 Å². The van der Waals surface area contributed by atoms with Gasteiger partial charge in [0.05, 0.1) is 55.7 Å². The number of fused-ring (bicyclic) bond motifs is 1. The number of aliphatic hydroxyl groups is 1. The number of hydrogen-bond acceptors (Lipinski definition) is 13. The third-order valence-corrected chi connectivity index (χ3v) is 10.8. The number of ether oxygens (including phenoxy) is 1. The van der Waals surface area contributed by atoms with Crippen molar-refractivity contribution in [3.63, 3.8) is 0 Å². The SMILES string of the molecule is CC(C)OP(=O)(CCC(=O)N1C[C@@H](n2cnc3c(=O)[nH]c(N)nc32)[C@H](OC[C@H](O)P(=O)(OC(C)C)OC(C)C)C1)OC(C)C. The predicted molar refractivity (Wildman–Crippen MR) is 164 cm³/mol. The standard InChI is InChI=1S/C26H46N6O10P2/c1-15(2)39-43(36,40-16(3)4)10-9-21(33)31-11-19(32-14-28-23-24(32)29-26(27)30-25(23)35)20(12-31)38-13-22(34)44(37,41-17(5)6)42-18(7)8/h14-20,22,34H,9-13H2,1-8H3,(H3,27,29,30,35)/t19-,20-,22-/m1/s1. The van der Waals surface area contributed by atoms with Gasteiger partial charge in [0.25, 0.3) is 5.56 Å². The summed E-state index contributed by atoms with van der Waals surface area (Å²) >= 11 is 0. The number of anilines is 1. The number of H-pyrrole nitrogens is 1. The summed E-state index contributed by atoms with van der Waals surface area (Å²) in [5.74, 6) is -2.08. The lowest BCUT2D eigenvalue weighted by Crippen LogP contribution is -2.32. The zero-order valence-corrected chi connectivity index (χ0v) is 28.3. The molecule has 44 heavy (non-hydrogen) atoms. The number of aromatic amines is 1. The minimum atomic E-state index is -4.00. The molecule has 3 atom stereocenters. The molecule has 1 aliphatic rings. The van der Waals surface area contributed by atoms with Crippen molar-refractivity contribution in [1.82, 2.24) is 24.4 Å². The van der Waals surface area contributed by atoms with E-state index in [1.807, 2.05) is 0 Å². The lowest BCUT2D eigenvalue weighted by atomic mass is 10.2. The average Bonchev–Trinajstić information content (AvgIpc) is 3.48. The number of rotatable bonds is 16. The second-order valence-electron chi connectivity index (χ2n) is 11.7. The molecule has 1 fully saturated rings. The fourth-order valence-electron chi connectivity index (χ4n) is 4.79. The molecular formula is C26H46N6O10P2. The van der Waals surface area contributed by atoms with Crippen molar-refractivity contribution in [3.8, 4) is 0 Å². The normalized spacial score (nSPS) is 18.9. The molecule has 18 heteroatoms. The number of carbonyl (C=O) groups is 1. The van der Waals surface area contributed by atoms with E-state index >= 15 is 0 Å². The molecule has 1 amide bonds. The van der Waals surface area contributed by atoms with E-state index in [4.69, 9.17) is 28.6 Å². The molecule has 16 nitrogen and oxygen atoms in total. The van der Waals surface area contributed by atoms with Gasteiger partial charge in [0.2, 0.25) is 11.9 Å². The highest BCUT2D eigenvalue weighted by Crippen LogP contribution is 2.54. The molecule has 0 radical (unpaired) electrons. The monoisotopic (exact) mass is 664 g/mol. The number of aromatic nitrogens is 4. The molecule has 0 aromatic carbocycles. The number of amides is 1. The van der Waals surface area contributed by atoms with Crippen LogP contribution in [0.15, 0.2) is 11.1 Å². The summed E-state index contributed by atoms with van der Waals surface area (Å²) in [6.07, 6.45) is -1.37. The highest BCUT2D eigenvalue weighted by molar-refractivity contribution is 7.54. The molecule has 0 unspecified atom stereocenters. The van der Waals surface area contributed by atoms with Crippen LogP contribution in [0.3, 0.4) is 0 Å². The van der Waals surface area contributed by atoms with Gasteiger partial charge < -0.3 is 43.1 Å². The topological polar surface area (TPSA) is 210 Å². The quantitative estimate of drug-likeness (QED) is 0.220. The van der Waals surface area contributed by atoms with E-state index in [-0.39, 0.29) is 60.9 Å². The number of nitrogens with zero attached hydrogens (tertiary/aromatic N) is 4. The Kier molecular flexibility index (Phi) is 12.3. The van der Waals surface area contributed by atoms with Gasteiger partial charge in [0.15, 0.2) is 17.0 Å². The van der Waals surface area contributed by atoms with Gasteiger partial charge in [-0.25, -0.2) is 4.98 Å². The van der Waals surface area contributed by atoms with Crippen LogP contribution in [0, 0.1) is 0 Å². The first-order valence-electron chi connectivity index (χ1n) is 14.6. The average molecular weight is 665 g/mol. The van der Waals surface area contributed by atoms with E-state index in [9.17, 15) is 23.8 Å². The molecule has 3 heterocycles. The third kappa shape index (κ3) is 9.43. The van der Waals surface area contributed by atoms with Gasteiger partial charge in [-0.1, -0.05) is 0 Å². The van der Waals surface area contributed by atoms with Crippen LogP contribution >= 0.6 is 15.2 Å². The Balaban J connectivity index is 1.87. The highest BCUT2D eigenvalue weighted by Gasteiger charge is 2.42. The molecule has 0 saturated carbocycles. The second kappa shape index (κ2) is 15.0. The Labute approximate surface area is 257 Å². The van der Waals surface area contributed by atoms with Crippen LogP contribution in [0.25, 0.3) is 11.2 Å². The minimum absolute atomic E-state index is 0.0422. The van der Waals surface area contributed by atoms with Gasteiger partial charge in [0.1, 0.15) is 0 Å². The summed E-state index contributed by atoms with van der Waals surface area (Å²) in [6.45, 7) is 13.3. The zero-order chi connectivity index (χ0) is 33.0. The molecule has 0 aliphatic carbocycles. The molecule has 250 valence electrons. The van der Waals surface area contributed by atoms with Gasteiger partial charge >= 0.3 is 15.2 Å². The summed E-state index contributed by atoms with van der Waals surface area (Å²) in [5.41, 5.74) is 5.48. The molecule has 2 aromatic heterocycles. The minimum Gasteiger partial charge on any atom is -0.378 e. The molecule has 1 saturated heterocycles. The maximum atomic E-state index is 13.4. The second-order valence-corrected chi connectivity index (χ2v) is 15.9. The first-order valence-corrected chi connectivity index (χ1v) is 18.0. The van der Waals surface area contributed by atoms with E-state index in [0.717, 1.165) is 0 Å². The predicted octanol–water partition coefficient (Wildman–Crippen LogP) is 3.27. The number of likely N-dealkylation sites (tertiary alicyclic amines) is 1. The van der Waals surface area contributed by atoms with Crippen LogP contribution in [-0.4, -0.2) is 97.7 Å². The first-order chi connectivity index (χ1) is 20.4. The maximum absolute atomic E-state index is 13.4. The molecule has 4 N–H and O–H groups in total. The smallest absolute Gasteiger partial charge is 0.361 e. The first kappa shape index (κ1) is 36.3. The van der Waals surface area contributed by atoms with E-state index < -0.39 is 57.6 Å². The molecule has 0 spiro atoms. The third-order valence-electron chi connectivity index (χ3n) is 6.28. The molecule has 1 aliphatic heterocycles. The van der Waals surface area contributed by atoms with Crippen LogP contribution in [0.1, 0.15) is 67.9 Å². The maximum Gasteiger partial charge on any atom is 0.361 e. The number of aliphatic hydroxyl groups excluding tert-OH is 1. The van der Waals surface area contributed by atoms with Gasteiger partial charge in [-0.05, 0) is 55.4 Å². The number of nitrogens with one attached hydrogen (secondary N) is 1. The fraction of sp³-hybridized carbons (Fsp3) is 0.769. The van der Waals surface area contributed by atoms with Crippen LogP contribution < -0.4 is 11.3 Å². The van der Waals surface area contributed by atoms with E-state index in [0.29, 0.717) is 0 Å². The Morgan fingerprint density at radius 2 is 1.59 bits per heavy atom. The zero-order valence-electron chi connectivity index (χ0n) is 26.5. The summed E-state index contributed by atoms with van der Waals surface area (Å²) in [4.78, 5) is 38.2. The molecule has 2 aromatic rings. The van der Waals surface area contributed by atoms with Gasteiger partial charge in [0, 0.05) is 19.5 Å². The van der Waals surface area contributed by atoms with Crippen molar-refractivity contribution in [2.45, 2.75) is 104 Å². The Morgan fingerprint density at radius 1 is 1.02 bits per heavy atom. The number of nitrogens with two attached hydrogens (primary N) is 1. The number of nitrogen functional groups attached to an aromatic ring is 1. The number of carbonyl (C=O) groups excluding carboxylic acids is 1. The van der Waals surface area contributed by atoms with Crippen molar-refractivity contribution in [2.75, 3.05) is 31.6 Å². The van der Waals surface area contributed by atoms with Crippen molar-refractivity contribution >= 4 is 38.2 Å². The van der Waals surface area contributed by atoms with Crippen LogP contribution in [-0.2, 0) is 36.8 Å². The van der Waals surface area contributed by atoms with Crippen molar-refractivity contribution < 1.29 is 41.9 Å². The summed E-state index contributed by atoms with van der Waals surface area (Å²) < 4.78 is 56.6. The summed E-state index contributed by atoms with van der Waals surface area (Å²) in [5, 5.41) is 10.9. The Morgan fingerprint density at radius 3 is 2.14 bits per heavy atom. The summed E-state index contributed by atoms with van der Waals surface area (Å²) in [7, 11) is -7.57. The molecule has 3 rings (SSSR count). The molecule has 0 bridgehead atoms. The van der Waals surface area contributed by atoms with Gasteiger partial charge in [-0.15, -0.1) is 0 Å². The van der Waals surface area contributed by atoms with Crippen molar-refractivity contribution in [2.24, 2.45) is 0 Å². The highest BCUT2D eigenvalue weighted by atomic mass is 31.2. The largest absolute Gasteiger partial charge is 0.378 e. The Bertz CT molecular complexity index is 1400. The lowest BCUT2D eigenvalue weighted by Gasteiger charge is -2.28. The van der Waals surface area contributed by atoms with Gasteiger partial charge in [-0.3, -0.25) is 23.7 Å². The van der Waals surface area contributed by atoms with E-state index in [2.05, 4.69) is 15.0 Å². The van der Waals surface area contributed by atoms with Crippen LogP contribution in [0.5, 0.6) is 0 Å². The van der Waals surface area contributed by atoms with Gasteiger partial charge in [-0.2, -0.15) is 4.98 Å². The fourth-order valence-corrected chi connectivity index (χ4v) is 8.58. The van der Waals surface area contributed by atoms with Crippen LogP contribution in [0.2, 0.25) is 0 Å². The van der Waals surface area contributed by atoms with Crippen molar-refractivity contribution in [3.05, 3.63) is 16.7 Å². The Hall–Kier alpha value is -2.16. The number of hydrogen-bond donors (Lipinski definition) is 3. The number of imidazole rings is 1. The summed E-state index contributed by atoms with van der Waals surface area (Å²) in [6, 6.07) is -0.632.